The number of nitrogens with zero attached hydrogens (tertiary/aromatic N) is 2. The molecule has 0 fully saturated rings. The Bertz CT molecular complexity index is 1450. The molecule has 0 bridgehead atoms. The number of nitro groups is 1. The Morgan fingerprint density at radius 1 is 1.09 bits per heavy atom. The van der Waals surface area contributed by atoms with Crippen molar-refractivity contribution < 1.29 is 18.9 Å². The molecule has 0 saturated heterocycles. The molecular formula is C24H20N4O5S. The number of ether oxygens (including phenoxy) is 1. The molecule has 1 amide bonds. The molecule has 10 heteroatoms. The minimum Gasteiger partial charge on any atom is -0.497 e. The Hall–Kier alpha value is -4.31. The van der Waals surface area contributed by atoms with E-state index in [9.17, 15) is 14.9 Å². The van der Waals surface area contributed by atoms with Crippen LogP contribution in [0, 0.1) is 24.0 Å². The lowest BCUT2D eigenvalue weighted by atomic mass is 10.1. The number of methoxy groups -OCH3 is 1. The van der Waals surface area contributed by atoms with Crippen molar-refractivity contribution in [2.24, 2.45) is 0 Å². The lowest BCUT2D eigenvalue weighted by molar-refractivity contribution is -0.385. The average Bonchev–Trinajstić information content (AvgIpc) is 3.23. The van der Waals surface area contributed by atoms with Gasteiger partial charge < -0.3 is 14.5 Å². The van der Waals surface area contributed by atoms with Crippen LogP contribution in [0.1, 0.15) is 21.5 Å². The number of aromatic nitrogens is 1. The number of fused-ring (bicyclic) bond motifs is 1. The molecule has 4 rings (SSSR count). The number of amides is 1. The molecular weight excluding hydrogens is 456 g/mol. The largest absolute Gasteiger partial charge is 0.497 e. The van der Waals surface area contributed by atoms with Crippen LogP contribution in [0.3, 0.4) is 0 Å². The third-order valence-electron chi connectivity index (χ3n) is 5.22. The van der Waals surface area contributed by atoms with Gasteiger partial charge in [0.15, 0.2) is 10.7 Å². The van der Waals surface area contributed by atoms with Crippen molar-refractivity contribution in [3.05, 3.63) is 81.4 Å². The van der Waals surface area contributed by atoms with Gasteiger partial charge in [-0.05, 0) is 62.0 Å². The highest BCUT2D eigenvalue weighted by atomic mass is 32.1. The number of hydrogen-bond acceptors (Lipinski definition) is 7. The van der Waals surface area contributed by atoms with E-state index in [4.69, 9.17) is 21.4 Å². The maximum atomic E-state index is 12.6. The summed E-state index contributed by atoms with van der Waals surface area (Å²) in [6.07, 6.45) is 0. The summed E-state index contributed by atoms with van der Waals surface area (Å²) in [7, 11) is 1.59. The fourth-order valence-electron chi connectivity index (χ4n) is 3.32. The second kappa shape index (κ2) is 9.28. The second-order valence-electron chi connectivity index (χ2n) is 7.55. The smallest absolute Gasteiger partial charge is 0.273 e. The summed E-state index contributed by atoms with van der Waals surface area (Å²) in [5, 5.41) is 16.8. The van der Waals surface area contributed by atoms with Crippen molar-refractivity contribution >= 4 is 45.7 Å². The predicted molar refractivity (Wildman–Crippen MR) is 132 cm³/mol. The number of carbonyl (C=O) groups excluding carboxylic acids is 1. The third kappa shape index (κ3) is 4.71. The molecule has 2 N–H and O–H groups in total. The van der Waals surface area contributed by atoms with E-state index >= 15 is 0 Å². The van der Waals surface area contributed by atoms with E-state index in [1.165, 1.54) is 18.2 Å². The third-order valence-corrected chi connectivity index (χ3v) is 5.43. The molecule has 172 valence electrons. The fourth-order valence-corrected chi connectivity index (χ4v) is 3.53. The van der Waals surface area contributed by atoms with Crippen LogP contribution in [0.5, 0.6) is 5.75 Å². The van der Waals surface area contributed by atoms with Crippen molar-refractivity contribution in [1.29, 1.82) is 0 Å². The highest BCUT2D eigenvalue weighted by Gasteiger charge is 2.17. The van der Waals surface area contributed by atoms with Crippen LogP contribution in [0.25, 0.3) is 22.6 Å². The summed E-state index contributed by atoms with van der Waals surface area (Å²) in [6, 6.07) is 15.2. The number of nitro benzene ring substituents is 1. The number of aryl methyl sites for hydroxylation is 2. The van der Waals surface area contributed by atoms with Crippen LogP contribution in [0.4, 0.5) is 11.4 Å². The topological polar surface area (TPSA) is 120 Å². The van der Waals surface area contributed by atoms with Crippen LogP contribution < -0.4 is 15.4 Å². The zero-order valence-corrected chi connectivity index (χ0v) is 19.4. The normalized spacial score (nSPS) is 10.7. The molecule has 1 heterocycles. The quantitative estimate of drug-likeness (QED) is 0.230. The molecule has 0 spiro atoms. The van der Waals surface area contributed by atoms with Crippen molar-refractivity contribution in [2.45, 2.75) is 13.8 Å². The number of nitrogens with one attached hydrogen (secondary N) is 2. The van der Waals surface area contributed by atoms with E-state index < -0.39 is 10.8 Å². The van der Waals surface area contributed by atoms with Gasteiger partial charge in [0.2, 0.25) is 5.89 Å². The van der Waals surface area contributed by atoms with Crippen LogP contribution in [-0.2, 0) is 0 Å². The number of anilines is 1. The van der Waals surface area contributed by atoms with Crippen LogP contribution in [0.15, 0.2) is 59.0 Å². The van der Waals surface area contributed by atoms with Gasteiger partial charge in [-0.3, -0.25) is 20.2 Å². The molecule has 0 aliphatic carbocycles. The first-order chi connectivity index (χ1) is 16.2. The minimum atomic E-state index is -0.553. The molecule has 0 radical (unpaired) electrons. The monoisotopic (exact) mass is 476 g/mol. The molecule has 0 unspecified atom stereocenters. The number of benzene rings is 3. The van der Waals surface area contributed by atoms with E-state index in [1.807, 2.05) is 25.1 Å². The summed E-state index contributed by atoms with van der Waals surface area (Å²) < 4.78 is 11.1. The van der Waals surface area contributed by atoms with Crippen LogP contribution in [0.2, 0.25) is 0 Å². The number of rotatable bonds is 5. The molecule has 0 aliphatic rings. The van der Waals surface area contributed by atoms with Crippen molar-refractivity contribution in [3.8, 4) is 17.2 Å². The van der Waals surface area contributed by atoms with Crippen molar-refractivity contribution in [3.63, 3.8) is 0 Å². The Labute approximate surface area is 199 Å². The number of hydrogen-bond donors (Lipinski definition) is 2. The first-order valence-corrected chi connectivity index (χ1v) is 10.6. The standard InChI is InChI=1S/C24H20N4O5S/c1-13-4-7-16(23-25-19-12-17(32-3)8-9-21(19)33-23)10-18(13)26-24(34)27-22(29)15-6-5-14(2)20(11-15)28(30)31/h4-12H,1-3H3,(H2,26,27,29,34). The molecule has 3 aromatic carbocycles. The van der Waals surface area contributed by atoms with Gasteiger partial charge in [-0.15, -0.1) is 0 Å². The van der Waals surface area contributed by atoms with E-state index in [-0.39, 0.29) is 16.4 Å². The van der Waals surface area contributed by atoms with Gasteiger partial charge in [0, 0.05) is 34.5 Å². The molecule has 0 aliphatic heterocycles. The average molecular weight is 477 g/mol. The van der Waals surface area contributed by atoms with Gasteiger partial charge in [0.05, 0.1) is 12.0 Å². The zero-order valence-electron chi connectivity index (χ0n) is 18.5. The molecule has 1 aromatic heterocycles. The first kappa shape index (κ1) is 22.9. The molecule has 4 aromatic rings. The highest BCUT2D eigenvalue weighted by Crippen LogP contribution is 2.29. The second-order valence-corrected chi connectivity index (χ2v) is 7.96. The maximum Gasteiger partial charge on any atom is 0.273 e. The lowest BCUT2D eigenvalue weighted by Crippen LogP contribution is -2.34. The summed E-state index contributed by atoms with van der Waals surface area (Å²) in [5.74, 6) is 0.550. The van der Waals surface area contributed by atoms with Gasteiger partial charge in [-0.1, -0.05) is 12.1 Å². The van der Waals surface area contributed by atoms with E-state index in [0.29, 0.717) is 39.6 Å². The Morgan fingerprint density at radius 3 is 2.59 bits per heavy atom. The fraction of sp³-hybridized carbons (Fsp3) is 0.125. The molecule has 9 nitrogen and oxygen atoms in total. The first-order valence-electron chi connectivity index (χ1n) is 10.2. The van der Waals surface area contributed by atoms with Gasteiger partial charge in [0.1, 0.15) is 11.3 Å². The number of carbonyl (C=O) groups is 1. The number of thiocarbonyl (C=S) groups is 1. The summed E-state index contributed by atoms with van der Waals surface area (Å²) in [5.41, 5.74) is 4.00. The molecule has 0 atom stereocenters. The van der Waals surface area contributed by atoms with Crippen LogP contribution in [-0.4, -0.2) is 28.0 Å². The molecule has 34 heavy (non-hydrogen) atoms. The number of oxazole rings is 1. The van der Waals surface area contributed by atoms with Gasteiger partial charge in [-0.2, -0.15) is 0 Å². The summed E-state index contributed by atoms with van der Waals surface area (Å²) in [4.78, 5) is 27.7. The SMILES string of the molecule is COc1ccc2oc(-c3ccc(C)c(NC(=S)NC(=O)c4ccc(C)c([N+](=O)[O-])c4)c3)nc2c1. The zero-order chi connectivity index (χ0) is 24.4. The Morgan fingerprint density at radius 2 is 1.85 bits per heavy atom. The van der Waals surface area contributed by atoms with E-state index in [0.717, 1.165) is 5.56 Å². The predicted octanol–water partition coefficient (Wildman–Crippen LogP) is 5.16. The summed E-state index contributed by atoms with van der Waals surface area (Å²) >= 11 is 5.29. The van der Waals surface area contributed by atoms with Gasteiger partial charge in [0.25, 0.3) is 11.6 Å². The minimum absolute atomic E-state index is 0.0516. The molecule has 0 saturated carbocycles. The highest BCUT2D eigenvalue weighted by molar-refractivity contribution is 7.80. The maximum absolute atomic E-state index is 12.6. The Balaban J connectivity index is 1.52. The lowest BCUT2D eigenvalue weighted by Gasteiger charge is -2.13. The van der Waals surface area contributed by atoms with E-state index in [1.54, 1.807) is 32.2 Å². The van der Waals surface area contributed by atoms with E-state index in [2.05, 4.69) is 15.6 Å². The van der Waals surface area contributed by atoms with Crippen molar-refractivity contribution in [2.75, 3.05) is 12.4 Å². The summed E-state index contributed by atoms with van der Waals surface area (Å²) in [6.45, 7) is 3.49. The van der Waals surface area contributed by atoms with Crippen LogP contribution >= 0.6 is 12.2 Å². The van der Waals surface area contributed by atoms with Crippen molar-refractivity contribution in [1.82, 2.24) is 10.3 Å². The Kier molecular flexibility index (Phi) is 6.24. The van der Waals surface area contributed by atoms with Gasteiger partial charge in [-0.25, -0.2) is 4.98 Å². The van der Waals surface area contributed by atoms with Gasteiger partial charge >= 0.3 is 0 Å².